The van der Waals surface area contributed by atoms with Crippen LogP contribution in [0.2, 0.25) is 0 Å². The topological polar surface area (TPSA) is 129 Å². The molecular weight excluding hydrogens is 336 g/mol. The van der Waals surface area contributed by atoms with Crippen molar-refractivity contribution in [2.24, 2.45) is 0 Å². The number of rotatable bonds is 5. The zero-order chi connectivity index (χ0) is 19.4. The van der Waals surface area contributed by atoms with Crippen LogP contribution in [0, 0.1) is 42.2 Å². The SMILES string of the molecule is Cc1ccc([N+](=O)[O-])cc1NC(=O)CCc1c(C)[nH]c(=O)c(C#N)c1C. The zero-order valence-corrected chi connectivity index (χ0v) is 14.7. The first-order chi connectivity index (χ1) is 12.2. The maximum Gasteiger partial charge on any atom is 0.271 e. The normalized spacial score (nSPS) is 10.2. The number of amides is 1. The maximum absolute atomic E-state index is 12.2. The minimum Gasteiger partial charge on any atom is -0.326 e. The minimum atomic E-state index is -0.522. The second-order valence-electron chi connectivity index (χ2n) is 5.97. The molecule has 26 heavy (non-hydrogen) atoms. The van der Waals surface area contributed by atoms with Crippen LogP contribution in [-0.4, -0.2) is 15.8 Å². The van der Waals surface area contributed by atoms with Crippen LogP contribution in [-0.2, 0) is 11.2 Å². The number of hydrogen-bond donors (Lipinski definition) is 2. The van der Waals surface area contributed by atoms with Gasteiger partial charge >= 0.3 is 0 Å². The number of nitriles is 1. The van der Waals surface area contributed by atoms with E-state index in [0.717, 1.165) is 5.56 Å². The fourth-order valence-electron chi connectivity index (χ4n) is 2.73. The molecule has 0 aliphatic carbocycles. The van der Waals surface area contributed by atoms with Crippen LogP contribution < -0.4 is 10.9 Å². The van der Waals surface area contributed by atoms with Gasteiger partial charge in [-0.15, -0.1) is 0 Å². The number of anilines is 1. The fraction of sp³-hybridized carbons (Fsp3) is 0.278. The number of nitrogens with one attached hydrogen (secondary N) is 2. The molecule has 1 aromatic carbocycles. The molecule has 1 amide bonds. The van der Waals surface area contributed by atoms with Gasteiger partial charge in [0.15, 0.2) is 0 Å². The average Bonchev–Trinajstić information content (AvgIpc) is 2.56. The van der Waals surface area contributed by atoms with Crippen LogP contribution in [0.1, 0.15) is 34.4 Å². The van der Waals surface area contributed by atoms with Crippen LogP contribution in [0.25, 0.3) is 0 Å². The Bertz CT molecular complexity index is 986. The van der Waals surface area contributed by atoms with Crippen molar-refractivity contribution < 1.29 is 9.72 Å². The van der Waals surface area contributed by atoms with E-state index in [9.17, 15) is 19.7 Å². The van der Waals surface area contributed by atoms with Gasteiger partial charge in [-0.3, -0.25) is 19.7 Å². The number of nitrogens with zero attached hydrogens (tertiary/aromatic N) is 2. The van der Waals surface area contributed by atoms with Gasteiger partial charge in [-0.05, 0) is 43.9 Å². The van der Waals surface area contributed by atoms with Gasteiger partial charge in [0.25, 0.3) is 11.2 Å². The molecule has 1 heterocycles. The van der Waals surface area contributed by atoms with Crippen molar-refractivity contribution in [3.05, 3.63) is 66.6 Å². The third-order valence-electron chi connectivity index (χ3n) is 4.23. The number of carbonyl (C=O) groups excluding carboxylic acids is 1. The lowest BCUT2D eigenvalue weighted by Gasteiger charge is -2.12. The summed E-state index contributed by atoms with van der Waals surface area (Å²) < 4.78 is 0. The molecule has 0 bridgehead atoms. The first-order valence-corrected chi connectivity index (χ1v) is 7.92. The lowest BCUT2D eigenvalue weighted by molar-refractivity contribution is -0.384. The minimum absolute atomic E-state index is 0.0422. The highest BCUT2D eigenvalue weighted by Crippen LogP contribution is 2.22. The number of carbonyl (C=O) groups is 1. The van der Waals surface area contributed by atoms with E-state index in [1.54, 1.807) is 26.8 Å². The quantitative estimate of drug-likeness (QED) is 0.630. The van der Waals surface area contributed by atoms with E-state index in [-0.39, 0.29) is 23.6 Å². The van der Waals surface area contributed by atoms with Crippen molar-refractivity contribution in [2.45, 2.75) is 33.6 Å². The van der Waals surface area contributed by atoms with Crippen molar-refractivity contribution in [1.82, 2.24) is 4.98 Å². The molecule has 1 aromatic heterocycles. The van der Waals surface area contributed by atoms with Crippen molar-refractivity contribution in [3.8, 4) is 6.07 Å². The molecule has 134 valence electrons. The van der Waals surface area contributed by atoms with E-state index in [2.05, 4.69) is 10.3 Å². The fourth-order valence-corrected chi connectivity index (χ4v) is 2.73. The van der Waals surface area contributed by atoms with E-state index in [1.165, 1.54) is 12.1 Å². The molecule has 8 heteroatoms. The van der Waals surface area contributed by atoms with Gasteiger partial charge in [0.1, 0.15) is 11.6 Å². The first-order valence-electron chi connectivity index (χ1n) is 7.92. The maximum atomic E-state index is 12.2. The molecule has 0 aliphatic heterocycles. The predicted molar refractivity (Wildman–Crippen MR) is 96.0 cm³/mol. The summed E-state index contributed by atoms with van der Waals surface area (Å²) in [5.74, 6) is -0.308. The van der Waals surface area contributed by atoms with Crippen LogP contribution in [0.3, 0.4) is 0 Å². The van der Waals surface area contributed by atoms with E-state index in [0.29, 0.717) is 28.9 Å². The summed E-state index contributed by atoms with van der Waals surface area (Å²) in [6.07, 6.45) is 0.448. The zero-order valence-electron chi connectivity index (χ0n) is 14.7. The molecule has 2 aromatic rings. The summed E-state index contributed by atoms with van der Waals surface area (Å²) in [5.41, 5.74) is 2.52. The second kappa shape index (κ2) is 7.61. The molecule has 0 fully saturated rings. The number of nitro groups is 1. The third kappa shape index (κ3) is 3.95. The molecular formula is C18H18N4O4. The summed E-state index contributed by atoms with van der Waals surface area (Å²) >= 11 is 0. The molecule has 0 saturated carbocycles. The number of benzene rings is 1. The Morgan fingerprint density at radius 3 is 2.65 bits per heavy atom. The van der Waals surface area contributed by atoms with E-state index in [4.69, 9.17) is 5.26 Å². The average molecular weight is 354 g/mol. The molecule has 0 unspecified atom stereocenters. The summed E-state index contributed by atoms with van der Waals surface area (Å²) in [4.78, 5) is 36.9. The van der Waals surface area contributed by atoms with E-state index in [1.807, 2.05) is 6.07 Å². The molecule has 8 nitrogen and oxygen atoms in total. The number of nitro benzene ring substituents is 1. The largest absolute Gasteiger partial charge is 0.326 e. The van der Waals surface area contributed by atoms with Gasteiger partial charge < -0.3 is 10.3 Å². The summed E-state index contributed by atoms with van der Waals surface area (Å²) in [6.45, 7) is 5.14. The van der Waals surface area contributed by atoms with Crippen LogP contribution >= 0.6 is 0 Å². The highest BCUT2D eigenvalue weighted by atomic mass is 16.6. The van der Waals surface area contributed by atoms with Crippen LogP contribution in [0.5, 0.6) is 0 Å². The van der Waals surface area contributed by atoms with Gasteiger partial charge in [-0.2, -0.15) is 5.26 Å². The van der Waals surface area contributed by atoms with Crippen molar-refractivity contribution >= 4 is 17.3 Å². The highest BCUT2D eigenvalue weighted by Gasteiger charge is 2.15. The number of aryl methyl sites for hydroxylation is 2. The lowest BCUT2D eigenvalue weighted by atomic mass is 9.99. The Balaban J connectivity index is 2.16. The van der Waals surface area contributed by atoms with Gasteiger partial charge in [0.05, 0.1) is 10.6 Å². The Hall–Kier alpha value is -3.47. The third-order valence-corrected chi connectivity index (χ3v) is 4.23. The monoisotopic (exact) mass is 354 g/mol. The number of pyridine rings is 1. The molecule has 0 saturated heterocycles. The van der Waals surface area contributed by atoms with E-state index < -0.39 is 10.5 Å². The number of H-pyrrole nitrogens is 1. The van der Waals surface area contributed by atoms with Gasteiger partial charge in [-0.25, -0.2) is 0 Å². The van der Waals surface area contributed by atoms with E-state index >= 15 is 0 Å². The van der Waals surface area contributed by atoms with Crippen molar-refractivity contribution in [3.63, 3.8) is 0 Å². The number of aromatic nitrogens is 1. The molecule has 0 atom stereocenters. The van der Waals surface area contributed by atoms with Crippen molar-refractivity contribution in [1.29, 1.82) is 5.26 Å². The van der Waals surface area contributed by atoms with Gasteiger partial charge in [0, 0.05) is 24.2 Å². The molecule has 2 rings (SSSR count). The Kier molecular flexibility index (Phi) is 5.52. The summed E-state index contributed by atoms with van der Waals surface area (Å²) in [6, 6.07) is 6.14. The molecule has 2 N–H and O–H groups in total. The Labute approximate surface area is 149 Å². The first kappa shape index (κ1) is 18.9. The van der Waals surface area contributed by atoms with Gasteiger partial charge in [-0.1, -0.05) is 6.07 Å². The summed E-state index contributed by atoms with van der Waals surface area (Å²) in [5, 5.41) is 22.6. The Morgan fingerprint density at radius 2 is 2.04 bits per heavy atom. The Morgan fingerprint density at radius 1 is 1.35 bits per heavy atom. The predicted octanol–water partition coefficient (Wildman–Crippen LogP) is 2.65. The number of non-ortho nitro benzene ring substituents is 1. The van der Waals surface area contributed by atoms with Crippen molar-refractivity contribution in [2.75, 3.05) is 5.32 Å². The number of aromatic amines is 1. The second-order valence-corrected chi connectivity index (χ2v) is 5.97. The molecule has 0 aliphatic rings. The van der Waals surface area contributed by atoms with Crippen LogP contribution in [0.15, 0.2) is 23.0 Å². The smallest absolute Gasteiger partial charge is 0.271 e. The van der Waals surface area contributed by atoms with Gasteiger partial charge in [0.2, 0.25) is 5.91 Å². The standard InChI is InChI=1S/C18H18N4O4/c1-10-4-5-13(22(25)26)8-16(10)21-17(23)7-6-14-11(2)15(9-19)18(24)20-12(14)3/h4-5,8H,6-7H2,1-3H3,(H,20,24)(H,21,23). The van der Waals surface area contributed by atoms with Crippen LogP contribution in [0.4, 0.5) is 11.4 Å². The lowest BCUT2D eigenvalue weighted by Crippen LogP contribution is -2.18. The molecule has 0 spiro atoms. The number of hydrogen-bond acceptors (Lipinski definition) is 5. The highest BCUT2D eigenvalue weighted by molar-refractivity contribution is 5.92. The molecule has 0 radical (unpaired) electrons. The summed E-state index contributed by atoms with van der Waals surface area (Å²) in [7, 11) is 0.